The second kappa shape index (κ2) is 2.32. The summed E-state index contributed by atoms with van der Waals surface area (Å²) < 4.78 is 0. The van der Waals surface area contributed by atoms with Gasteiger partial charge in [0.1, 0.15) is 5.75 Å². The number of aromatic hydroxyl groups is 1. The van der Waals surface area contributed by atoms with Gasteiger partial charge in [-0.2, -0.15) is 0 Å². The highest BCUT2D eigenvalue weighted by Gasteiger charge is 1.92. The summed E-state index contributed by atoms with van der Waals surface area (Å²) >= 11 is 0. The highest BCUT2D eigenvalue weighted by Crippen LogP contribution is 2.15. The predicted molar refractivity (Wildman–Crippen MR) is 40.5 cm³/mol. The first-order valence-electron chi connectivity index (χ1n) is 2.78. The lowest BCUT2D eigenvalue weighted by atomic mass is 10.2. The Morgan fingerprint density at radius 2 is 2.10 bits per heavy atom. The summed E-state index contributed by atoms with van der Waals surface area (Å²) in [6.07, 6.45) is 5.07. The van der Waals surface area contributed by atoms with Crippen molar-refractivity contribution in [2.75, 3.05) is 5.73 Å². The van der Waals surface area contributed by atoms with Crippen molar-refractivity contribution in [3.05, 3.63) is 23.8 Å². The van der Waals surface area contributed by atoms with Gasteiger partial charge >= 0.3 is 0 Å². The summed E-state index contributed by atoms with van der Waals surface area (Å²) in [7, 11) is 0. The zero-order chi connectivity index (χ0) is 7.56. The van der Waals surface area contributed by atoms with E-state index in [0.717, 1.165) is 0 Å². The lowest BCUT2D eigenvalue weighted by Gasteiger charge is -1.95. The maximum atomic E-state index is 8.95. The molecule has 1 rings (SSSR count). The summed E-state index contributed by atoms with van der Waals surface area (Å²) in [5.41, 5.74) is 6.45. The summed E-state index contributed by atoms with van der Waals surface area (Å²) in [6, 6.07) is 4.55. The van der Waals surface area contributed by atoms with E-state index in [1.165, 1.54) is 12.1 Å². The highest BCUT2D eigenvalue weighted by molar-refractivity contribution is 5.51. The number of phenolic OH excluding ortho intramolecular Hbond substituents is 1. The van der Waals surface area contributed by atoms with Crippen LogP contribution in [0.1, 0.15) is 5.56 Å². The SMILES string of the molecule is C#Cc1cc(N)cc(O)c1. The Balaban J connectivity index is 3.22. The summed E-state index contributed by atoms with van der Waals surface area (Å²) in [5.74, 6) is 2.47. The van der Waals surface area contributed by atoms with E-state index in [2.05, 4.69) is 5.92 Å². The maximum absolute atomic E-state index is 8.95. The third kappa shape index (κ3) is 1.20. The summed E-state index contributed by atoms with van der Waals surface area (Å²) in [4.78, 5) is 0. The Hall–Kier alpha value is -1.62. The van der Waals surface area contributed by atoms with E-state index in [1.807, 2.05) is 0 Å². The van der Waals surface area contributed by atoms with Crippen LogP contribution in [0.15, 0.2) is 18.2 Å². The predicted octanol–water partition coefficient (Wildman–Crippen LogP) is 0.956. The van der Waals surface area contributed by atoms with Gasteiger partial charge < -0.3 is 10.8 Å². The number of hydrogen-bond acceptors (Lipinski definition) is 2. The fourth-order valence-corrected chi connectivity index (χ4v) is 0.718. The molecule has 2 nitrogen and oxygen atoms in total. The van der Waals surface area contributed by atoms with Gasteiger partial charge in [-0.15, -0.1) is 6.42 Å². The van der Waals surface area contributed by atoms with Crippen LogP contribution in [0.5, 0.6) is 5.75 Å². The minimum absolute atomic E-state index is 0.105. The second-order valence-electron chi connectivity index (χ2n) is 1.96. The molecule has 0 aliphatic heterocycles. The number of terminal acetylenes is 1. The van der Waals surface area contributed by atoms with Gasteiger partial charge in [0.15, 0.2) is 0 Å². The molecule has 0 saturated heterocycles. The molecule has 0 heterocycles. The molecule has 0 amide bonds. The van der Waals surface area contributed by atoms with Crippen LogP contribution >= 0.6 is 0 Å². The van der Waals surface area contributed by atoms with Crippen molar-refractivity contribution in [3.63, 3.8) is 0 Å². The van der Waals surface area contributed by atoms with Crippen molar-refractivity contribution in [2.45, 2.75) is 0 Å². The van der Waals surface area contributed by atoms with E-state index >= 15 is 0 Å². The van der Waals surface area contributed by atoms with Gasteiger partial charge in [-0.3, -0.25) is 0 Å². The zero-order valence-electron chi connectivity index (χ0n) is 5.33. The molecule has 3 N–H and O–H groups in total. The van der Waals surface area contributed by atoms with Crippen LogP contribution < -0.4 is 5.73 Å². The van der Waals surface area contributed by atoms with Crippen LogP contribution in [0.25, 0.3) is 0 Å². The van der Waals surface area contributed by atoms with Crippen molar-refractivity contribution in [1.29, 1.82) is 0 Å². The lowest BCUT2D eigenvalue weighted by molar-refractivity contribution is 0.475. The second-order valence-corrected chi connectivity index (χ2v) is 1.96. The number of phenols is 1. The number of anilines is 1. The molecule has 0 aromatic heterocycles. The van der Waals surface area contributed by atoms with Gasteiger partial charge in [-0.1, -0.05) is 5.92 Å². The molecule has 10 heavy (non-hydrogen) atoms. The average Bonchev–Trinajstić information content (AvgIpc) is 1.85. The maximum Gasteiger partial charge on any atom is 0.118 e. The van der Waals surface area contributed by atoms with Gasteiger partial charge in [-0.05, 0) is 12.1 Å². The molecule has 0 saturated carbocycles. The normalized spacial score (nSPS) is 8.70. The molecule has 0 radical (unpaired) electrons. The molecule has 0 fully saturated rings. The number of nitrogens with two attached hydrogens (primary N) is 1. The number of nitrogen functional groups attached to an aromatic ring is 1. The smallest absolute Gasteiger partial charge is 0.118 e. The summed E-state index contributed by atoms with van der Waals surface area (Å²) in [6.45, 7) is 0. The molecule has 0 aliphatic carbocycles. The molecule has 0 bridgehead atoms. The quantitative estimate of drug-likeness (QED) is 0.409. The Kier molecular flexibility index (Phi) is 1.51. The molecule has 0 aliphatic rings. The first-order valence-corrected chi connectivity index (χ1v) is 2.78. The molecule has 50 valence electrons. The number of benzene rings is 1. The molecule has 1 aromatic rings. The number of rotatable bonds is 0. The van der Waals surface area contributed by atoms with Crippen molar-refractivity contribution in [1.82, 2.24) is 0 Å². The van der Waals surface area contributed by atoms with E-state index in [9.17, 15) is 0 Å². The Labute approximate surface area is 59.3 Å². The topological polar surface area (TPSA) is 46.2 Å². The zero-order valence-corrected chi connectivity index (χ0v) is 5.33. The molecule has 0 unspecified atom stereocenters. The van der Waals surface area contributed by atoms with Crippen LogP contribution in [0.2, 0.25) is 0 Å². The number of hydrogen-bond donors (Lipinski definition) is 2. The van der Waals surface area contributed by atoms with E-state index in [1.54, 1.807) is 6.07 Å². The minimum atomic E-state index is 0.105. The lowest BCUT2D eigenvalue weighted by Crippen LogP contribution is -1.84. The largest absolute Gasteiger partial charge is 0.508 e. The van der Waals surface area contributed by atoms with E-state index in [-0.39, 0.29) is 5.75 Å². The van der Waals surface area contributed by atoms with Crippen LogP contribution in [0, 0.1) is 12.3 Å². The standard InChI is InChI=1S/C8H7NO/c1-2-6-3-7(9)5-8(10)4-6/h1,3-5,10H,9H2. The van der Waals surface area contributed by atoms with E-state index in [0.29, 0.717) is 11.3 Å². The Bertz CT molecular complexity index is 266. The van der Waals surface area contributed by atoms with Gasteiger partial charge in [0.05, 0.1) is 0 Å². The van der Waals surface area contributed by atoms with Crippen molar-refractivity contribution >= 4 is 5.69 Å². The molecule has 0 spiro atoms. The van der Waals surface area contributed by atoms with Gasteiger partial charge in [0.2, 0.25) is 0 Å². The van der Waals surface area contributed by atoms with Crippen LogP contribution in [-0.2, 0) is 0 Å². The molecular weight excluding hydrogens is 126 g/mol. The van der Waals surface area contributed by atoms with E-state index in [4.69, 9.17) is 17.3 Å². The third-order valence-electron chi connectivity index (χ3n) is 1.11. The molecule has 2 heteroatoms. The Morgan fingerprint density at radius 3 is 2.60 bits per heavy atom. The van der Waals surface area contributed by atoms with Gasteiger partial charge in [-0.25, -0.2) is 0 Å². The first-order chi connectivity index (χ1) is 4.72. The van der Waals surface area contributed by atoms with Gasteiger partial charge in [0, 0.05) is 17.3 Å². The van der Waals surface area contributed by atoms with E-state index < -0.39 is 0 Å². The molecule has 1 aromatic carbocycles. The van der Waals surface area contributed by atoms with Crippen LogP contribution in [0.4, 0.5) is 5.69 Å². The van der Waals surface area contributed by atoms with Crippen molar-refractivity contribution in [3.8, 4) is 18.1 Å². The Morgan fingerprint density at radius 1 is 1.40 bits per heavy atom. The fourth-order valence-electron chi connectivity index (χ4n) is 0.718. The van der Waals surface area contributed by atoms with Crippen LogP contribution in [-0.4, -0.2) is 5.11 Å². The monoisotopic (exact) mass is 133 g/mol. The highest BCUT2D eigenvalue weighted by atomic mass is 16.3. The minimum Gasteiger partial charge on any atom is -0.508 e. The van der Waals surface area contributed by atoms with Crippen molar-refractivity contribution < 1.29 is 5.11 Å². The van der Waals surface area contributed by atoms with Gasteiger partial charge in [0.25, 0.3) is 0 Å². The molecular formula is C8H7NO. The average molecular weight is 133 g/mol. The first kappa shape index (κ1) is 6.50. The molecule has 0 atom stereocenters. The van der Waals surface area contributed by atoms with Crippen molar-refractivity contribution in [2.24, 2.45) is 0 Å². The fraction of sp³-hybridized carbons (Fsp3) is 0. The third-order valence-corrected chi connectivity index (χ3v) is 1.11. The van der Waals surface area contributed by atoms with Crippen LogP contribution in [0.3, 0.4) is 0 Å². The summed E-state index contributed by atoms with van der Waals surface area (Å²) in [5, 5.41) is 8.95.